The zero-order valence-corrected chi connectivity index (χ0v) is 16.8. The van der Waals surface area contributed by atoms with Gasteiger partial charge in [-0.05, 0) is 55.5 Å². The summed E-state index contributed by atoms with van der Waals surface area (Å²) in [6.07, 6.45) is 1.46. The first-order valence-corrected chi connectivity index (χ1v) is 10.2. The van der Waals surface area contributed by atoms with Crippen LogP contribution in [0.2, 0.25) is 10.0 Å². The van der Waals surface area contributed by atoms with Gasteiger partial charge in [0.05, 0.1) is 14.9 Å². The van der Waals surface area contributed by atoms with Gasteiger partial charge in [-0.3, -0.25) is 4.79 Å². The Kier molecular flexibility index (Phi) is 5.83. The van der Waals surface area contributed by atoms with Crippen LogP contribution in [0.15, 0.2) is 59.6 Å². The van der Waals surface area contributed by atoms with E-state index >= 15 is 0 Å². The number of rotatable bonds is 5. The molecule has 10 heteroatoms. The molecule has 1 aromatic heterocycles. The van der Waals surface area contributed by atoms with Crippen molar-refractivity contribution in [2.45, 2.75) is 11.8 Å². The fourth-order valence-corrected chi connectivity index (χ4v) is 3.48. The Hall–Kier alpha value is -2.68. The van der Waals surface area contributed by atoms with Crippen molar-refractivity contribution in [3.63, 3.8) is 0 Å². The highest BCUT2D eigenvalue weighted by molar-refractivity contribution is 7.92. The second-order valence-electron chi connectivity index (χ2n) is 5.73. The van der Waals surface area contributed by atoms with Crippen LogP contribution in [0.4, 0.5) is 11.6 Å². The molecule has 28 heavy (non-hydrogen) atoms. The van der Waals surface area contributed by atoms with E-state index in [9.17, 15) is 13.2 Å². The molecule has 0 aliphatic heterocycles. The van der Waals surface area contributed by atoms with Crippen molar-refractivity contribution in [1.29, 1.82) is 0 Å². The minimum Gasteiger partial charge on any atom is -0.322 e. The van der Waals surface area contributed by atoms with E-state index in [0.717, 1.165) is 0 Å². The van der Waals surface area contributed by atoms with Crippen LogP contribution in [-0.2, 0) is 10.0 Å². The third kappa shape index (κ3) is 4.78. The van der Waals surface area contributed by atoms with Crippen LogP contribution < -0.4 is 10.0 Å². The van der Waals surface area contributed by atoms with Gasteiger partial charge < -0.3 is 5.32 Å². The Labute approximate surface area is 171 Å². The summed E-state index contributed by atoms with van der Waals surface area (Å²) < 4.78 is 27.2. The summed E-state index contributed by atoms with van der Waals surface area (Å²) in [5, 5.41) is 3.27. The molecular weight excluding hydrogens is 423 g/mol. The number of halogens is 2. The molecule has 144 valence electrons. The molecular formula is C18H14Cl2N4O3S. The summed E-state index contributed by atoms with van der Waals surface area (Å²) in [4.78, 5) is 20.2. The normalized spacial score (nSPS) is 11.1. The van der Waals surface area contributed by atoms with Gasteiger partial charge in [0.1, 0.15) is 0 Å². The highest BCUT2D eigenvalue weighted by Crippen LogP contribution is 2.23. The maximum absolute atomic E-state index is 12.4. The lowest BCUT2D eigenvalue weighted by atomic mass is 10.2. The number of nitrogens with zero attached hydrogens (tertiary/aromatic N) is 2. The van der Waals surface area contributed by atoms with E-state index in [0.29, 0.717) is 22.0 Å². The number of sulfonamides is 1. The molecule has 0 radical (unpaired) electrons. The van der Waals surface area contributed by atoms with E-state index in [1.54, 1.807) is 13.0 Å². The van der Waals surface area contributed by atoms with Crippen molar-refractivity contribution in [3.05, 3.63) is 76.0 Å². The van der Waals surface area contributed by atoms with Crippen LogP contribution in [0.25, 0.3) is 0 Å². The van der Waals surface area contributed by atoms with E-state index in [-0.39, 0.29) is 15.9 Å². The Morgan fingerprint density at radius 3 is 2.36 bits per heavy atom. The van der Waals surface area contributed by atoms with Gasteiger partial charge in [-0.15, -0.1) is 0 Å². The molecule has 3 rings (SSSR count). The molecule has 2 N–H and O–H groups in total. The topological polar surface area (TPSA) is 101 Å². The summed E-state index contributed by atoms with van der Waals surface area (Å²) >= 11 is 11.7. The standard InChI is InChI=1S/C18H14Cl2N4O3S/c1-11-8-9-21-18(22-11)24-28(26,27)14-5-3-13(4-6-14)23-17(25)12-2-7-15(19)16(20)10-12/h2-10H,1H3,(H,23,25)(H,21,22,24). The predicted molar refractivity (Wildman–Crippen MR) is 108 cm³/mol. The van der Waals surface area contributed by atoms with Gasteiger partial charge in [-0.1, -0.05) is 23.2 Å². The van der Waals surface area contributed by atoms with E-state index in [1.165, 1.54) is 48.7 Å². The molecule has 2 aromatic carbocycles. The van der Waals surface area contributed by atoms with E-state index in [4.69, 9.17) is 23.2 Å². The van der Waals surface area contributed by atoms with Crippen LogP contribution in [0.3, 0.4) is 0 Å². The number of amides is 1. The Morgan fingerprint density at radius 1 is 1.00 bits per heavy atom. The minimum atomic E-state index is -3.86. The van der Waals surface area contributed by atoms with Crippen molar-refractivity contribution in [2.75, 3.05) is 10.0 Å². The Morgan fingerprint density at radius 2 is 1.71 bits per heavy atom. The van der Waals surface area contributed by atoms with Gasteiger partial charge >= 0.3 is 0 Å². The number of hydrogen-bond acceptors (Lipinski definition) is 5. The highest BCUT2D eigenvalue weighted by atomic mass is 35.5. The van der Waals surface area contributed by atoms with Gasteiger partial charge in [0.2, 0.25) is 5.95 Å². The largest absolute Gasteiger partial charge is 0.322 e. The second-order valence-corrected chi connectivity index (χ2v) is 8.23. The number of carbonyl (C=O) groups excluding carboxylic acids is 1. The number of nitrogens with one attached hydrogen (secondary N) is 2. The van der Waals surface area contributed by atoms with Crippen LogP contribution in [0.1, 0.15) is 16.1 Å². The molecule has 0 atom stereocenters. The van der Waals surface area contributed by atoms with Gasteiger partial charge in [-0.2, -0.15) is 0 Å². The lowest BCUT2D eigenvalue weighted by Gasteiger charge is -2.09. The molecule has 7 nitrogen and oxygen atoms in total. The number of hydrogen-bond donors (Lipinski definition) is 2. The van der Waals surface area contributed by atoms with E-state index < -0.39 is 15.9 Å². The van der Waals surface area contributed by atoms with Crippen LogP contribution in [0.5, 0.6) is 0 Å². The second kappa shape index (κ2) is 8.14. The summed E-state index contributed by atoms with van der Waals surface area (Å²) in [7, 11) is -3.86. The number of carbonyl (C=O) groups is 1. The zero-order chi connectivity index (χ0) is 20.3. The maximum atomic E-state index is 12.4. The smallest absolute Gasteiger partial charge is 0.264 e. The van der Waals surface area contributed by atoms with Crippen LogP contribution in [-0.4, -0.2) is 24.3 Å². The third-order valence-electron chi connectivity index (χ3n) is 3.62. The molecule has 1 heterocycles. The number of aryl methyl sites for hydroxylation is 1. The molecule has 0 unspecified atom stereocenters. The molecule has 0 saturated carbocycles. The first-order chi connectivity index (χ1) is 13.2. The molecule has 0 bridgehead atoms. The maximum Gasteiger partial charge on any atom is 0.264 e. The lowest BCUT2D eigenvalue weighted by Crippen LogP contribution is -2.16. The summed E-state index contributed by atoms with van der Waals surface area (Å²) in [6.45, 7) is 1.73. The van der Waals surface area contributed by atoms with Crippen molar-refractivity contribution in [3.8, 4) is 0 Å². The summed E-state index contributed by atoms with van der Waals surface area (Å²) in [5.74, 6) is -0.419. The number of anilines is 2. The first-order valence-electron chi connectivity index (χ1n) is 7.93. The molecule has 0 saturated heterocycles. The molecule has 0 aliphatic carbocycles. The number of aromatic nitrogens is 2. The molecule has 0 spiro atoms. The molecule has 3 aromatic rings. The molecule has 0 fully saturated rings. The van der Waals surface area contributed by atoms with Crippen LogP contribution in [0, 0.1) is 6.92 Å². The Bertz CT molecular complexity index is 1140. The SMILES string of the molecule is Cc1ccnc(NS(=O)(=O)c2ccc(NC(=O)c3ccc(Cl)c(Cl)c3)cc2)n1. The van der Waals surface area contributed by atoms with Gasteiger partial charge in [0, 0.05) is 23.1 Å². The molecule has 0 aliphatic rings. The predicted octanol–water partition coefficient (Wildman–Crippen LogP) is 4.14. The minimum absolute atomic E-state index is 0.00476. The van der Waals surface area contributed by atoms with Crippen molar-refractivity contribution in [1.82, 2.24) is 9.97 Å². The quantitative estimate of drug-likeness (QED) is 0.625. The van der Waals surface area contributed by atoms with Gasteiger partial charge in [0.15, 0.2) is 0 Å². The summed E-state index contributed by atoms with van der Waals surface area (Å²) in [5.41, 5.74) is 1.37. The fraction of sp³-hybridized carbons (Fsp3) is 0.0556. The monoisotopic (exact) mass is 436 g/mol. The van der Waals surface area contributed by atoms with Crippen molar-refractivity contribution < 1.29 is 13.2 Å². The summed E-state index contributed by atoms with van der Waals surface area (Å²) in [6, 6.07) is 11.8. The average molecular weight is 437 g/mol. The van der Waals surface area contributed by atoms with Gasteiger partial charge in [-0.25, -0.2) is 23.1 Å². The van der Waals surface area contributed by atoms with Crippen molar-refractivity contribution in [2.24, 2.45) is 0 Å². The average Bonchev–Trinajstić information content (AvgIpc) is 2.64. The molecule has 1 amide bonds. The third-order valence-corrected chi connectivity index (χ3v) is 5.71. The zero-order valence-electron chi connectivity index (χ0n) is 14.5. The lowest BCUT2D eigenvalue weighted by molar-refractivity contribution is 0.102. The van der Waals surface area contributed by atoms with E-state index in [2.05, 4.69) is 20.0 Å². The Balaban J connectivity index is 1.73. The fourth-order valence-electron chi connectivity index (χ4n) is 2.24. The van der Waals surface area contributed by atoms with Crippen LogP contribution >= 0.6 is 23.2 Å². The van der Waals surface area contributed by atoms with Gasteiger partial charge in [0.25, 0.3) is 15.9 Å². The first kappa shape index (κ1) is 20.1. The number of benzene rings is 2. The van der Waals surface area contributed by atoms with E-state index in [1.807, 2.05) is 0 Å². The van der Waals surface area contributed by atoms with Crippen molar-refractivity contribution >= 4 is 50.8 Å². The highest BCUT2D eigenvalue weighted by Gasteiger charge is 2.16.